The molecule has 1 aromatic carbocycles. The molecular formula is C15H21F4IN4O2. The van der Waals surface area contributed by atoms with Gasteiger partial charge in [-0.05, 0) is 17.7 Å². The fourth-order valence-electron chi connectivity index (χ4n) is 1.89. The lowest BCUT2D eigenvalue weighted by atomic mass is 10.1. The molecule has 0 spiro atoms. The smallest absolute Gasteiger partial charge is 0.383 e. The van der Waals surface area contributed by atoms with Crippen LogP contribution in [0.25, 0.3) is 0 Å². The van der Waals surface area contributed by atoms with Crippen molar-refractivity contribution in [2.75, 3.05) is 33.9 Å². The maximum atomic E-state index is 13.1. The van der Waals surface area contributed by atoms with Crippen molar-refractivity contribution in [3.63, 3.8) is 0 Å². The van der Waals surface area contributed by atoms with E-state index in [1.807, 2.05) is 0 Å². The summed E-state index contributed by atoms with van der Waals surface area (Å²) in [6.07, 6.45) is -4.67. The van der Waals surface area contributed by atoms with Crippen molar-refractivity contribution in [3.05, 3.63) is 35.1 Å². The standard InChI is InChI=1S/C15H20F4N4O2.HI/c1-20-14(23-9-13(24)21-5-6-25-2)22-8-10-3-4-11(16)7-12(10)15(17,18)19;/h3-4,7H,5-6,8-9H2,1-2H3,(H,21,24)(H2,20,22,23);1H. The number of aliphatic imine (C=N–C) groups is 1. The number of benzene rings is 1. The lowest BCUT2D eigenvalue weighted by Gasteiger charge is -2.16. The lowest BCUT2D eigenvalue weighted by Crippen LogP contribution is -2.43. The molecule has 0 bridgehead atoms. The Morgan fingerprint density at radius 2 is 1.92 bits per heavy atom. The summed E-state index contributed by atoms with van der Waals surface area (Å²) in [5, 5.41) is 7.89. The fourth-order valence-corrected chi connectivity index (χ4v) is 1.89. The first-order valence-electron chi connectivity index (χ1n) is 7.33. The highest BCUT2D eigenvalue weighted by Gasteiger charge is 2.33. The molecule has 0 fully saturated rings. The van der Waals surface area contributed by atoms with Gasteiger partial charge in [0.25, 0.3) is 0 Å². The summed E-state index contributed by atoms with van der Waals surface area (Å²) in [7, 11) is 2.91. The van der Waals surface area contributed by atoms with Crippen molar-refractivity contribution >= 4 is 35.8 Å². The molecule has 0 atom stereocenters. The SMILES string of the molecule is CN=C(NCC(=O)NCCOC)NCc1ccc(F)cc1C(F)(F)F.I. The van der Waals surface area contributed by atoms with E-state index in [0.717, 1.165) is 12.1 Å². The normalized spacial score (nSPS) is 11.5. The second-order valence-corrected chi connectivity index (χ2v) is 4.92. The number of guanidine groups is 1. The number of hydrogen-bond acceptors (Lipinski definition) is 3. The average Bonchev–Trinajstić information content (AvgIpc) is 2.55. The van der Waals surface area contributed by atoms with E-state index in [9.17, 15) is 22.4 Å². The Morgan fingerprint density at radius 1 is 1.23 bits per heavy atom. The van der Waals surface area contributed by atoms with Crippen LogP contribution in [-0.4, -0.2) is 45.7 Å². The van der Waals surface area contributed by atoms with Gasteiger partial charge in [-0.25, -0.2) is 4.39 Å². The van der Waals surface area contributed by atoms with Crippen LogP contribution in [0, 0.1) is 5.82 Å². The van der Waals surface area contributed by atoms with E-state index in [-0.39, 0.29) is 54.5 Å². The molecule has 0 aliphatic carbocycles. The third kappa shape index (κ3) is 8.65. The quantitative estimate of drug-likeness (QED) is 0.179. The Kier molecular flexibility index (Phi) is 11.1. The molecule has 26 heavy (non-hydrogen) atoms. The maximum absolute atomic E-state index is 13.1. The molecule has 0 aliphatic rings. The van der Waals surface area contributed by atoms with Gasteiger partial charge >= 0.3 is 6.18 Å². The molecule has 0 aromatic heterocycles. The summed E-state index contributed by atoms with van der Waals surface area (Å²) in [5.41, 5.74) is -1.20. The molecule has 11 heteroatoms. The van der Waals surface area contributed by atoms with Gasteiger partial charge in [-0.15, -0.1) is 24.0 Å². The Balaban J connectivity index is 0.00000625. The molecule has 1 aromatic rings. The van der Waals surface area contributed by atoms with Crippen LogP contribution in [0.1, 0.15) is 11.1 Å². The average molecular weight is 492 g/mol. The molecule has 0 unspecified atom stereocenters. The summed E-state index contributed by atoms with van der Waals surface area (Å²) < 4.78 is 56.7. The van der Waals surface area contributed by atoms with Crippen molar-refractivity contribution < 1.29 is 27.1 Å². The van der Waals surface area contributed by atoms with Crippen LogP contribution >= 0.6 is 24.0 Å². The monoisotopic (exact) mass is 492 g/mol. The van der Waals surface area contributed by atoms with Gasteiger partial charge in [0, 0.05) is 27.2 Å². The van der Waals surface area contributed by atoms with Gasteiger partial charge in [-0.1, -0.05) is 6.07 Å². The molecule has 0 saturated heterocycles. The number of rotatable bonds is 7. The third-order valence-electron chi connectivity index (χ3n) is 3.09. The minimum atomic E-state index is -4.67. The van der Waals surface area contributed by atoms with Gasteiger partial charge < -0.3 is 20.7 Å². The fraction of sp³-hybridized carbons (Fsp3) is 0.467. The number of halogens is 5. The highest BCUT2D eigenvalue weighted by Crippen LogP contribution is 2.32. The Hall–Kier alpha value is -1.63. The highest BCUT2D eigenvalue weighted by molar-refractivity contribution is 14.0. The second-order valence-electron chi connectivity index (χ2n) is 4.92. The number of hydrogen-bond donors (Lipinski definition) is 3. The van der Waals surface area contributed by atoms with Crippen LogP contribution in [0.2, 0.25) is 0 Å². The van der Waals surface area contributed by atoms with Crippen LogP contribution in [0.4, 0.5) is 17.6 Å². The first-order valence-corrected chi connectivity index (χ1v) is 7.33. The molecule has 0 heterocycles. The molecule has 0 saturated carbocycles. The molecule has 148 valence electrons. The van der Waals surface area contributed by atoms with Gasteiger partial charge in [0.05, 0.1) is 18.7 Å². The number of alkyl halides is 3. The first kappa shape index (κ1) is 24.4. The zero-order chi connectivity index (χ0) is 18.9. The summed E-state index contributed by atoms with van der Waals surface area (Å²) in [4.78, 5) is 15.3. The number of methoxy groups -OCH3 is 1. The number of nitrogens with one attached hydrogen (secondary N) is 3. The van der Waals surface area contributed by atoms with Crippen molar-refractivity contribution in [1.82, 2.24) is 16.0 Å². The number of ether oxygens (including phenoxy) is 1. The summed E-state index contributed by atoms with van der Waals surface area (Å²) >= 11 is 0. The van der Waals surface area contributed by atoms with E-state index >= 15 is 0 Å². The van der Waals surface area contributed by atoms with Crippen LogP contribution < -0.4 is 16.0 Å². The van der Waals surface area contributed by atoms with Crippen molar-refractivity contribution in [2.45, 2.75) is 12.7 Å². The van der Waals surface area contributed by atoms with E-state index in [2.05, 4.69) is 20.9 Å². The minimum Gasteiger partial charge on any atom is -0.383 e. The summed E-state index contributed by atoms with van der Waals surface area (Å²) in [6, 6.07) is 2.44. The van der Waals surface area contributed by atoms with Crippen LogP contribution in [0.5, 0.6) is 0 Å². The van der Waals surface area contributed by atoms with Crippen LogP contribution in [-0.2, 0) is 22.3 Å². The van der Waals surface area contributed by atoms with E-state index in [1.54, 1.807) is 0 Å². The van der Waals surface area contributed by atoms with Crippen LogP contribution in [0.3, 0.4) is 0 Å². The largest absolute Gasteiger partial charge is 0.416 e. The summed E-state index contributed by atoms with van der Waals surface area (Å²) in [6.45, 7) is 0.357. The van der Waals surface area contributed by atoms with Gasteiger partial charge in [-0.3, -0.25) is 9.79 Å². The highest BCUT2D eigenvalue weighted by atomic mass is 127. The molecule has 6 nitrogen and oxygen atoms in total. The van der Waals surface area contributed by atoms with Gasteiger partial charge in [-0.2, -0.15) is 13.2 Å². The Morgan fingerprint density at radius 3 is 2.50 bits per heavy atom. The molecule has 1 rings (SSSR count). The van der Waals surface area contributed by atoms with Gasteiger partial charge in [0.1, 0.15) is 5.82 Å². The number of amides is 1. The number of nitrogens with zero attached hydrogens (tertiary/aromatic N) is 1. The number of carbonyl (C=O) groups is 1. The van der Waals surface area contributed by atoms with Crippen molar-refractivity contribution in [3.8, 4) is 0 Å². The Bertz CT molecular complexity index is 612. The zero-order valence-electron chi connectivity index (χ0n) is 14.2. The second kappa shape index (κ2) is 11.9. The topological polar surface area (TPSA) is 74.8 Å². The molecule has 0 aliphatic heterocycles. The Labute approximate surface area is 165 Å². The molecular weight excluding hydrogens is 471 g/mol. The van der Waals surface area contributed by atoms with E-state index < -0.39 is 17.6 Å². The summed E-state index contributed by atoms with van der Waals surface area (Å²) in [5.74, 6) is -1.15. The maximum Gasteiger partial charge on any atom is 0.416 e. The van der Waals surface area contributed by atoms with Gasteiger partial charge in [0.2, 0.25) is 5.91 Å². The van der Waals surface area contributed by atoms with E-state index in [1.165, 1.54) is 14.2 Å². The molecule has 3 N–H and O–H groups in total. The molecule has 1 amide bonds. The van der Waals surface area contributed by atoms with Crippen molar-refractivity contribution in [2.24, 2.45) is 4.99 Å². The van der Waals surface area contributed by atoms with Crippen molar-refractivity contribution in [1.29, 1.82) is 0 Å². The number of carbonyl (C=O) groups excluding carboxylic acids is 1. The lowest BCUT2D eigenvalue weighted by molar-refractivity contribution is -0.138. The third-order valence-corrected chi connectivity index (χ3v) is 3.09. The van der Waals surface area contributed by atoms with E-state index in [0.29, 0.717) is 19.2 Å². The van der Waals surface area contributed by atoms with Crippen LogP contribution in [0.15, 0.2) is 23.2 Å². The molecule has 0 radical (unpaired) electrons. The van der Waals surface area contributed by atoms with E-state index in [4.69, 9.17) is 4.74 Å². The minimum absolute atomic E-state index is 0. The predicted molar refractivity (Wildman–Crippen MR) is 99.9 cm³/mol. The first-order chi connectivity index (χ1) is 11.8. The van der Waals surface area contributed by atoms with Gasteiger partial charge in [0.15, 0.2) is 5.96 Å². The zero-order valence-corrected chi connectivity index (χ0v) is 16.6. The predicted octanol–water partition coefficient (Wildman–Crippen LogP) is 1.89.